The highest BCUT2D eigenvalue weighted by Crippen LogP contribution is 2.04. The minimum Gasteiger partial charge on any atom is -0.289 e. The van der Waals surface area contributed by atoms with Crippen molar-refractivity contribution in [2.45, 2.75) is 39.8 Å². The third kappa shape index (κ3) is 4.77. The van der Waals surface area contributed by atoms with Crippen molar-refractivity contribution in [1.29, 1.82) is 0 Å². The predicted molar refractivity (Wildman–Crippen MR) is 42.2 cm³/mol. The average Bonchev–Trinajstić information content (AvgIpc) is 1.90. The Balaban J connectivity index is 3.26. The van der Waals surface area contributed by atoms with Gasteiger partial charge in [0.1, 0.15) is 6.23 Å². The van der Waals surface area contributed by atoms with E-state index < -0.39 is 6.23 Å². The molecule has 0 rings (SSSR count). The second kappa shape index (κ2) is 5.69. The lowest BCUT2D eigenvalue weighted by Gasteiger charge is -2.13. The second-order valence-electron chi connectivity index (χ2n) is 2.73. The second-order valence-corrected chi connectivity index (χ2v) is 2.73. The summed E-state index contributed by atoms with van der Waals surface area (Å²) in [5, 5.41) is 13.4. The van der Waals surface area contributed by atoms with Crippen molar-refractivity contribution in [2.24, 2.45) is 5.92 Å². The Morgan fingerprint density at radius 1 is 1.30 bits per heavy atom. The van der Waals surface area contributed by atoms with Crippen LogP contribution in [0.5, 0.6) is 0 Å². The molecule has 10 heavy (non-hydrogen) atoms. The third-order valence-corrected chi connectivity index (χ3v) is 1.85. The number of hydrogen-bond donors (Lipinski definition) is 1. The molecule has 1 unspecified atom stereocenters. The first-order chi connectivity index (χ1) is 4.70. The lowest BCUT2D eigenvalue weighted by Crippen LogP contribution is -2.29. The van der Waals surface area contributed by atoms with Crippen LogP contribution in [0.3, 0.4) is 0 Å². The predicted octanol–water partition coefficient (Wildman–Crippen LogP) is 1.79. The van der Waals surface area contributed by atoms with E-state index in [0.717, 1.165) is 19.4 Å². The van der Waals surface area contributed by atoms with E-state index in [-0.39, 0.29) is 0 Å². The molecule has 0 aliphatic carbocycles. The van der Waals surface area contributed by atoms with Crippen molar-refractivity contribution >= 4 is 0 Å². The minimum atomic E-state index is -0.611. The van der Waals surface area contributed by atoms with Gasteiger partial charge in [-0.3, -0.25) is 5.32 Å². The molecule has 0 saturated carbocycles. The van der Waals surface area contributed by atoms with Crippen LogP contribution in [0.2, 0.25) is 0 Å². The molecule has 0 aliphatic heterocycles. The van der Waals surface area contributed by atoms with E-state index in [2.05, 4.69) is 19.2 Å². The quantitative estimate of drug-likeness (QED) is 0.586. The van der Waals surface area contributed by atoms with Gasteiger partial charge in [-0.05, 0) is 12.8 Å². The summed E-state index contributed by atoms with van der Waals surface area (Å²) in [7, 11) is 0. The maximum atomic E-state index is 10.6. The van der Waals surface area contributed by atoms with Crippen LogP contribution in [0.1, 0.15) is 33.6 Å². The summed E-state index contributed by atoms with van der Waals surface area (Å²) in [6.07, 6.45) is 1.72. The van der Waals surface area contributed by atoms with Gasteiger partial charge in [-0.2, -0.15) is 0 Å². The summed E-state index contributed by atoms with van der Waals surface area (Å²) in [5.41, 5.74) is 0. The largest absolute Gasteiger partial charge is 0.289 e. The molecule has 0 saturated heterocycles. The molecule has 2 nitrogen and oxygen atoms in total. The van der Waals surface area contributed by atoms with Gasteiger partial charge in [-0.15, -0.1) is 0 Å². The SMILES string of the molecule is CCC(CC)CNC(C)[O]. The molecule has 0 heterocycles. The highest BCUT2D eigenvalue weighted by molar-refractivity contribution is 4.58. The molecule has 61 valence electrons. The zero-order valence-corrected chi connectivity index (χ0v) is 7.18. The number of hydrogen-bond acceptors (Lipinski definition) is 1. The summed E-state index contributed by atoms with van der Waals surface area (Å²) in [6.45, 7) is 6.83. The first-order valence-corrected chi connectivity index (χ1v) is 4.09. The minimum absolute atomic E-state index is 0.611. The topological polar surface area (TPSA) is 31.9 Å². The van der Waals surface area contributed by atoms with Crippen LogP contribution in [0.4, 0.5) is 0 Å². The van der Waals surface area contributed by atoms with Gasteiger partial charge in [0, 0.05) is 6.54 Å². The molecule has 0 aromatic rings. The van der Waals surface area contributed by atoms with Crippen LogP contribution in [0.15, 0.2) is 0 Å². The molecule has 0 aliphatic rings. The van der Waals surface area contributed by atoms with E-state index in [4.69, 9.17) is 0 Å². The first kappa shape index (κ1) is 9.92. The molecule has 1 N–H and O–H groups in total. The average molecular weight is 144 g/mol. The summed E-state index contributed by atoms with van der Waals surface area (Å²) in [4.78, 5) is 0. The van der Waals surface area contributed by atoms with Crippen LogP contribution in [0.25, 0.3) is 0 Å². The normalized spacial score (nSPS) is 14.1. The van der Waals surface area contributed by atoms with E-state index in [1.54, 1.807) is 6.92 Å². The van der Waals surface area contributed by atoms with Crippen molar-refractivity contribution in [3.05, 3.63) is 0 Å². The molecule has 0 aromatic carbocycles. The van der Waals surface area contributed by atoms with Gasteiger partial charge in [-0.1, -0.05) is 26.7 Å². The van der Waals surface area contributed by atoms with Gasteiger partial charge in [0.05, 0.1) is 0 Å². The first-order valence-electron chi connectivity index (χ1n) is 4.09. The molecule has 0 bridgehead atoms. The van der Waals surface area contributed by atoms with Gasteiger partial charge in [0.15, 0.2) is 0 Å². The molecule has 0 aromatic heterocycles. The lowest BCUT2D eigenvalue weighted by atomic mass is 10.0. The van der Waals surface area contributed by atoms with Gasteiger partial charge >= 0.3 is 0 Å². The van der Waals surface area contributed by atoms with Crippen molar-refractivity contribution in [2.75, 3.05) is 6.54 Å². The van der Waals surface area contributed by atoms with Crippen molar-refractivity contribution in [3.8, 4) is 0 Å². The van der Waals surface area contributed by atoms with Gasteiger partial charge in [0.25, 0.3) is 0 Å². The van der Waals surface area contributed by atoms with Gasteiger partial charge in [0.2, 0.25) is 0 Å². The maximum absolute atomic E-state index is 10.6. The molecule has 1 atom stereocenters. The number of rotatable bonds is 5. The summed E-state index contributed by atoms with van der Waals surface area (Å²) in [5.74, 6) is 0.677. The molecule has 1 radical (unpaired) electrons. The Bertz CT molecular complexity index is 69.7. The van der Waals surface area contributed by atoms with Gasteiger partial charge < -0.3 is 0 Å². The number of nitrogens with one attached hydrogen (secondary N) is 1. The fourth-order valence-corrected chi connectivity index (χ4v) is 0.910. The molecule has 2 heteroatoms. The van der Waals surface area contributed by atoms with E-state index in [9.17, 15) is 5.11 Å². The van der Waals surface area contributed by atoms with Crippen molar-refractivity contribution in [3.63, 3.8) is 0 Å². The monoisotopic (exact) mass is 144 g/mol. The zero-order valence-electron chi connectivity index (χ0n) is 7.18. The molecular formula is C8H18NO. The molecular weight excluding hydrogens is 126 g/mol. The van der Waals surface area contributed by atoms with Crippen LogP contribution < -0.4 is 5.32 Å². The summed E-state index contributed by atoms with van der Waals surface area (Å²) in [6, 6.07) is 0. The van der Waals surface area contributed by atoms with Gasteiger partial charge in [-0.25, -0.2) is 5.11 Å². The van der Waals surface area contributed by atoms with Crippen molar-refractivity contribution in [1.82, 2.24) is 5.32 Å². The maximum Gasteiger partial charge on any atom is 0.140 e. The van der Waals surface area contributed by atoms with E-state index in [1.165, 1.54) is 0 Å². The summed E-state index contributed by atoms with van der Waals surface area (Å²) < 4.78 is 0. The standard InChI is InChI=1S/C8H18NO/c1-4-8(5-2)6-9-7(3)10/h7-9H,4-6H2,1-3H3. The summed E-state index contributed by atoms with van der Waals surface area (Å²) >= 11 is 0. The van der Waals surface area contributed by atoms with Crippen LogP contribution >= 0.6 is 0 Å². The highest BCUT2D eigenvalue weighted by atomic mass is 16.3. The van der Waals surface area contributed by atoms with E-state index in [1.807, 2.05) is 0 Å². The Kier molecular flexibility index (Phi) is 5.64. The fourth-order valence-electron chi connectivity index (χ4n) is 0.910. The van der Waals surface area contributed by atoms with Crippen molar-refractivity contribution < 1.29 is 5.11 Å². The smallest absolute Gasteiger partial charge is 0.140 e. The third-order valence-electron chi connectivity index (χ3n) is 1.85. The Labute approximate surface area is 63.6 Å². The van der Waals surface area contributed by atoms with Crippen LogP contribution in [0, 0.1) is 5.92 Å². The van der Waals surface area contributed by atoms with E-state index >= 15 is 0 Å². The molecule has 0 fully saturated rings. The fraction of sp³-hybridized carbons (Fsp3) is 1.00. The van der Waals surface area contributed by atoms with Crippen LogP contribution in [-0.4, -0.2) is 12.8 Å². The zero-order chi connectivity index (χ0) is 7.98. The Morgan fingerprint density at radius 3 is 2.10 bits per heavy atom. The highest BCUT2D eigenvalue weighted by Gasteiger charge is 2.03. The van der Waals surface area contributed by atoms with Crippen LogP contribution in [-0.2, 0) is 5.11 Å². The Hall–Kier alpha value is -0.0800. The Morgan fingerprint density at radius 2 is 1.80 bits per heavy atom. The van der Waals surface area contributed by atoms with E-state index in [0.29, 0.717) is 5.92 Å². The molecule has 0 spiro atoms. The molecule has 0 amide bonds. The lowest BCUT2D eigenvalue weighted by molar-refractivity contribution is 0.0707.